The van der Waals surface area contributed by atoms with Crippen LogP contribution in [0.2, 0.25) is 0 Å². The van der Waals surface area contributed by atoms with Gasteiger partial charge in [0.25, 0.3) is 0 Å². The zero-order chi connectivity index (χ0) is 19.9. The van der Waals surface area contributed by atoms with Gasteiger partial charge < -0.3 is 14.9 Å². The Morgan fingerprint density at radius 2 is 1.96 bits per heavy atom. The minimum absolute atomic E-state index is 0.0734. The van der Waals surface area contributed by atoms with Gasteiger partial charge in [-0.15, -0.1) is 0 Å². The summed E-state index contributed by atoms with van der Waals surface area (Å²) in [6, 6.07) is 11.4. The van der Waals surface area contributed by atoms with Crippen molar-refractivity contribution in [2.75, 3.05) is 13.2 Å². The third-order valence-electron chi connectivity index (χ3n) is 4.28. The minimum atomic E-state index is -0.267. The fraction of sp³-hybridized carbons (Fsp3) is 0.238. The van der Waals surface area contributed by atoms with Crippen molar-refractivity contribution in [1.82, 2.24) is 9.97 Å². The molecule has 0 amide bonds. The lowest BCUT2D eigenvalue weighted by molar-refractivity contribution is 0.339. The number of pyridine rings is 1. The first-order chi connectivity index (χ1) is 13.6. The van der Waals surface area contributed by atoms with Crippen LogP contribution in [0.3, 0.4) is 0 Å². The van der Waals surface area contributed by atoms with Crippen molar-refractivity contribution in [3.63, 3.8) is 0 Å². The van der Waals surface area contributed by atoms with Crippen LogP contribution in [-0.4, -0.2) is 33.4 Å². The summed E-state index contributed by atoms with van der Waals surface area (Å²) in [5.41, 5.74) is 3.71. The number of aliphatic hydroxyl groups excluding tert-OH is 1. The fourth-order valence-corrected chi connectivity index (χ4v) is 3.45. The van der Waals surface area contributed by atoms with E-state index in [1.54, 1.807) is 6.08 Å². The number of thiazole rings is 1. The smallest absolute Gasteiger partial charge is 0.307 e. The Morgan fingerprint density at radius 3 is 2.54 bits per heavy atom. The van der Waals surface area contributed by atoms with E-state index in [1.807, 2.05) is 42.6 Å². The first-order valence-corrected chi connectivity index (χ1v) is 9.78. The molecule has 7 heteroatoms. The van der Waals surface area contributed by atoms with E-state index < -0.39 is 0 Å². The molecular formula is C21H22N2O4S. The third kappa shape index (κ3) is 5.09. The van der Waals surface area contributed by atoms with E-state index in [0.29, 0.717) is 23.7 Å². The van der Waals surface area contributed by atoms with Crippen LogP contribution in [0.5, 0.6) is 11.6 Å². The Bertz CT molecular complexity index is 988. The molecule has 0 aliphatic rings. The molecule has 0 saturated carbocycles. The largest absolute Gasteiger partial charge is 0.494 e. The predicted octanol–water partition coefficient (Wildman–Crippen LogP) is 3.14. The number of aromatic nitrogens is 2. The molecule has 28 heavy (non-hydrogen) atoms. The Labute approximate surface area is 166 Å². The van der Waals surface area contributed by atoms with Gasteiger partial charge in [-0.05, 0) is 35.7 Å². The van der Waals surface area contributed by atoms with E-state index in [1.165, 1.54) is 0 Å². The quantitative estimate of drug-likeness (QED) is 0.542. The molecule has 3 rings (SSSR count). The van der Waals surface area contributed by atoms with Crippen LogP contribution in [0.4, 0.5) is 0 Å². The standard InChI is InChI=1S/C21H22N2O4S/c1-2-14-5-8-18(22-12-14)16(9-10-24)13-27-17-6-3-15(4-7-17)11-19-20(25)23-21(26)28-19/h3-9,12,24-25H,2,10-11,13H2,1H3,(H,23,26). The molecule has 2 aromatic heterocycles. The van der Waals surface area contributed by atoms with Crippen LogP contribution < -0.4 is 9.61 Å². The number of nitrogens with one attached hydrogen (secondary N) is 1. The Kier molecular flexibility index (Phi) is 6.62. The molecule has 0 aliphatic heterocycles. The maximum Gasteiger partial charge on any atom is 0.307 e. The van der Waals surface area contributed by atoms with Gasteiger partial charge in [0.2, 0.25) is 5.88 Å². The number of aliphatic hydroxyl groups is 1. The summed E-state index contributed by atoms with van der Waals surface area (Å²) >= 11 is 1.00. The van der Waals surface area contributed by atoms with Gasteiger partial charge in [-0.2, -0.15) is 0 Å². The molecule has 6 nitrogen and oxygen atoms in total. The third-order valence-corrected chi connectivity index (χ3v) is 5.15. The fourth-order valence-electron chi connectivity index (χ4n) is 2.69. The van der Waals surface area contributed by atoms with Crippen LogP contribution in [0.15, 0.2) is 53.5 Å². The highest BCUT2D eigenvalue weighted by atomic mass is 32.1. The van der Waals surface area contributed by atoms with E-state index >= 15 is 0 Å². The van der Waals surface area contributed by atoms with Crippen molar-refractivity contribution in [1.29, 1.82) is 0 Å². The number of aromatic hydroxyl groups is 1. The summed E-state index contributed by atoms with van der Waals surface area (Å²) < 4.78 is 5.84. The lowest BCUT2D eigenvalue weighted by Crippen LogP contribution is -2.04. The summed E-state index contributed by atoms with van der Waals surface area (Å²) in [6.45, 7) is 2.28. The molecular weight excluding hydrogens is 376 g/mol. The first-order valence-electron chi connectivity index (χ1n) is 8.97. The maximum atomic E-state index is 11.3. The van der Waals surface area contributed by atoms with Gasteiger partial charge in [0.15, 0.2) is 0 Å². The van der Waals surface area contributed by atoms with Crippen molar-refractivity contribution >= 4 is 16.9 Å². The van der Waals surface area contributed by atoms with Gasteiger partial charge >= 0.3 is 4.87 Å². The second kappa shape index (κ2) is 9.34. The molecule has 146 valence electrons. The molecule has 0 fully saturated rings. The van der Waals surface area contributed by atoms with Crippen molar-refractivity contribution in [2.45, 2.75) is 19.8 Å². The highest BCUT2D eigenvalue weighted by molar-refractivity contribution is 7.09. The number of aromatic amines is 1. The molecule has 1 aromatic carbocycles. The average molecular weight is 398 g/mol. The topological polar surface area (TPSA) is 95.4 Å². The second-order valence-electron chi connectivity index (χ2n) is 6.21. The Hall–Kier alpha value is -2.90. The predicted molar refractivity (Wildman–Crippen MR) is 110 cm³/mol. The van der Waals surface area contributed by atoms with Gasteiger partial charge in [-0.1, -0.05) is 42.5 Å². The number of rotatable bonds is 8. The first kappa shape index (κ1) is 19.9. The molecule has 0 saturated heterocycles. The van der Waals surface area contributed by atoms with E-state index in [0.717, 1.165) is 40.2 Å². The maximum absolute atomic E-state index is 11.3. The van der Waals surface area contributed by atoms with Crippen molar-refractivity contribution in [2.24, 2.45) is 0 Å². The number of aryl methyl sites for hydroxylation is 1. The SMILES string of the molecule is CCc1ccc(C(=CCO)COc2ccc(Cc3sc(=O)[nH]c3O)cc2)nc1. The number of ether oxygens (including phenoxy) is 1. The zero-order valence-corrected chi connectivity index (χ0v) is 16.3. The summed E-state index contributed by atoms with van der Waals surface area (Å²) in [5.74, 6) is 0.611. The van der Waals surface area contributed by atoms with Crippen LogP contribution in [0.1, 0.15) is 28.6 Å². The van der Waals surface area contributed by atoms with Gasteiger partial charge in [0.05, 0.1) is 17.2 Å². The monoisotopic (exact) mass is 398 g/mol. The van der Waals surface area contributed by atoms with E-state index in [4.69, 9.17) is 4.74 Å². The minimum Gasteiger partial charge on any atom is -0.494 e. The summed E-state index contributed by atoms with van der Waals surface area (Å²) in [5, 5.41) is 19.0. The molecule has 0 radical (unpaired) electrons. The van der Waals surface area contributed by atoms with Crippen LogP contribution >= 0.6 is 11.3 Å². The number of hydrogen-bond acceptors (Lipinski definition) is 6. The Morgan fingerprint density at radius 1 is 1.21 bits per heavy atom. The van der Waals surface area contributed by atoms with E-state index in [9.17, 15) is 15.0 Å². The van der Waals surface area contributed by atoms with E-state index in [-0.39, 0.29) is 17.4 Å². The van der Waals surface area contributed by atoms with Crippen LogP contribution in [0.25, 0.3) is 5.57 Å². The van der Waals surface area contributed by atoms with Crippen molar-refractivity contribution in [3.8, 4) is 11.6 Å². The lowest BCUT2D eigenvalue weighted by Gasteiger charge is -2.11. The zero-order valence-electron chi connectivity index (χ0n) is 15.5. The molecule has 0 aliphatic carbocycles. The summed E-state index contributed by atoms with van der Waals surface area (Å²) in [6.07, 6.45) is 4.92. The number of hydrogen-bond donors (Lipinski definition) is 3. The molecule has 0 atom stereocenters. The molecule has 0 spiro atoms. The van der Waals surface area contributed by atoms with Crippen molar-refractivity contribution in [3.05, 3.63) is 80.0 Å². The number of benzene rings is 1. The highest BCUT2D eigenvalue weighted by Crippen LogP contribution is 2.22. The summed E-state index contributed by atoms with van der Waals surface area (Å²) in [7, 11) is 0. The second-order valence-corrected chi connectivity index (χ2v) is 7.28. The number of nitrogens with zero attached hydrogens (tertiary/aromatic N) is 1. The van der Waals surface area contributed by atoms with E-state index in [2.05, 4.69) is 16.9 Å². The van der Waals surface area contributed by atoms with Crippen molar-refractivity contribution < 1.29 is 14.9 Å². The van der Waals surface area contributed by atoms with Gasteiger partial charge in [-0.3, -0.25) is 14.8 Å². The van der Waals surface area contributed by atoms with Gasteiger partial charge in [0, 0.05) is 18.2 Å². The Balaban J connectivity index is 1.64. The van der Waals surface area contributed by atoms with Gasteiger partial charge in [-0.25, -0.2) is 0 Å². The normalized spacial score (nSPS) is 11.6. The average Bonchev–Trinajstić information content (AvgIpc) is 3.03. The summed E-state index contributed by atoms with van der Waals surface area (Å²) in [4.78, 5) is 18.4. The van der Waals surface area contributed by atoms with Crippen LogP contribution in [0, 0.1) is 0 Å². The highest BCUT2D eigenvalue weighted by Gasteiger charge is 2.08. The molecule has 3 aromatic rings. The number of H-pyrrole nitrogens is 1. The molecule has 3 N–H and O–H groups in total. The van der Waals surface area contributed by atoms with Crippen LogP contribution in [-0.2, 0) is 12.8 Å². The molecule has 0 bridgehead atoms. The molecule has 2 heterocycles. The van der Waals surface area contributed by atoms with Gasteiger partial charge in [0.1, 0.15) is 12.4 Å². The molecule has 0 unspecified atom stereocenters. The lowest BCUT2D eigenvalue weighted by atomic mass is 10.1.